The number of hydrogen-bond donors (Lipinski definition) is 0. The van der Waals surface area contributed by atoms with Crippen LogP contribution in [0.1, 0.15) is 19.7 Å². The first kappa shape index (κ1) is 11.4. The number of aryl methyl sites for hydroxylation is 1. The predicted octanol–water partition coefficient (Wildman–Crippen LogP) is 2.87. The van der Waals surface area contributed by atoms with Crippen LogP contribution in [0.15, 0.2) is 18.3 Å². The van der Waals surface area contributed by atoms with E-state index in [4.69, 9.17) is 11.6 Å². The molecule has 2 heterocycles. The van der Waals surface area contributed by atoms with Crippen molar-refractivity contribution in [3.63, 3.8) is 0 Å². The van der Waals surface area contributed by atoms with E-state index >= 15 is 0 Å². The van der Waals surface area contributed by atoms with Crippen LogP contribution in [-0.2, 0) is 13.0 Å². The highest BCUT2D eigenvalue weighted by atomic mass is 35.5. The second-order valence-electron chi connectivity index (χ2n) is 4.32. The van der Waals surface area contributed by atoms with Gasteiger partial charge in [-0.05, 0) is 18.1 Å². The molecule has 2 aromatic rings. The van der Waals surface area contributed by atoms with Crippen LogP contribution in [0.2, 0.25) is 0 Å². The molecule has 86 valence electrons. The van der Waals surface area contributed by atoms with Crippen molar-refractivity contribution in [2.45, 2.75) is 26.8 Å². The number of alkyl halides is 1. The summed E-state index contributed by atoms with van der Waals surface area (Å²) < 4.78 is 2.18. The van der Waals surface area contributed by atoms with Gasteiger partial charge in [0, 0.05) is 25.0 Å². The zero-order chi connectivity index (χ0) is 11.5. The van der Waals surface area contributed by atoms with E-state index in [0.29, 0.717) is 11.8 Å². The first-order valence-corrected chi connectivity index (χ1v) is 6.12. The van der Waals surface area contributed by atoms with Crippen molar-refractivity contribution in [2.75, 3.05) is 5.88 Å². The quantitative estimate of drug-likeness (QED) is 0.766. The lowest BCUT2D eigenvalue weighted by atomic mass is 10.2. The van der Waals surface area contributed by atoms with Gasteiger partial charge in [0.1, 0.15) is 11.3 Å². The van der Waals surface area contributed by atoms with E-state index in [1.54, 1.807) is 0 Å². The monoisotopic (exact) mass is 237 g/mol. The Hall–Kier alpha value is -1.09. The molecule has 0 N–H and O–H groups in total. The maximum atomic E-state index is 5.80. The van der Waals surface area contributed by atoms with Gasteiger partial charge >= 0.3 is 0 Å². The summed E-state index contributed by atoms with van der Waals surface area (Å²) in [6.07, 6.45) is 2.61. The molecule has 0 saturated carbocycles. The lowest BCUT2D eigenvalue weighted by molar-refractivity contribution is 0.516. The number of imidazole rings is 1. The maximum Gasteiger partial charge on any atom is 0.159 e. The molecule has 0 radical (unpaired) electrons. The van der Waals surface area contributed by atoms with Gasteiger partial charge in [-0.1, -0.05) is 13.8 Å². The van der Waals surface area contributed by atoms with Gasteiger partial charge in [0.05, 0.1) is 0 Å². The fourth-order valence-corrected chi connectivity index (χ4v) is 2.01. The molecule has 0 fully saturated rings. The summed E-state index contributed by atoms with van der Waals surface area (Å²) in [6, 6.07) is 3.91. The van der Waals surface area contributed by atoms with Crippen LogP contribution in [0.25, 0.3) is 11.2 Å². The Morgan fingerprint density at radius 1 is 1.44 bits per heavy atom. The fourth-order valence-electron chi connectivity index (χ4n) is 1.84. The standard InChI is InChI=1S/C12H16ClN3/c1-9(2)8-16-11(5-6-13)15-10-4-3-7-14-12(10)16/h3-4,7,9H,5-6,8H2,1-2H3. The number of fused-ring (bicyclic) bond motifs is 1. The molecule has 0 unspecified atom stereocenters. The molecule has 16 heavy (non-hydrogen) atoms. The molecule has 0 bridgehead atoms. The van der Waals surface area contributed by atoms with Crippen LogP contribution in [0.3, 0.4) is 0 Å². The number of aromatic nitrogens is 3. The van der Waals surface area contributed by atoms with E-state index in [9.17, 15) is 0 Å². The number of pyridine rings is 1. The van der Waals surface area contributed by atoms with Gasteiger partial charge in [-0.15, -0.1) is 11.6 Å². The zero-order valence-electron chi connectivity index (χ0n) is 9.65. The fraction of sp³-hybridized carbons (Fsp3) is 0.500. The summed E-state index contributed by atoms with van der Waals surface area (Å²) in [5.74, 6) is 2.22. The normalized spacial score (nSPS) is 11.5. The largest absolute Gasteiger partial charge is 0.312 e. The predicted molar refractivity (Wildman–Crippen MR) is 66.8 cm³/mol. The van der Waals surface area contributed by atoms with Gasteiger partial charge in [-0.2, -0.15) is 0 Å². The van der Waals surface area contributed by atoms with Gasteiger partial charge in [0.15, 0.2) is 5.65 Å². The summed E-state index contributed by atoms with van der Waals surface area (Å²) >= 11 is 5.80. The molecule has 3 nitrogen and oxygen atoms in total. The highest BCUT2D eigenvalue weighted by Crippen LogP contribution is 2.16. The van der Waals surface area contributed by atoms with Gasteiger partial charge in [-0.3, -0.25) is 0 Å². The Balaban J connectivity index is 2.50. The maximum absolute atomic E-state index is 5.80. The van der Waals surface area contributed by atoms with E-state index in [1.807, 2.05) is 18.3 Å². The molecular weight excluding hydrogens is 222 g/mol. The molecular formula is C12H16ClN3. The molecule has 0 aliphatic rings. The highest BCUT2D eigenvalue weighted by molar-refractivity contribution is 6.17. The molecule has 0 spiro atoms. The van der Waals surface area contributed by atoms with Crippen molar-refractivity contribution >= 4 is 22.8 Å². The number of halogens is 1. The molecule has 0 aromatic carbocycles. The van der Waals surface area contributed by atoms with Crippen molar-refractivity contribution in [1.82, 2.24) is 14.5 Å². The number of rotatable bonds is 4. The Morgan fingerprint density at radius 3 is 2.94 bits per heavy atom. The summed E-state index contributed by atoms with van der Waals surface area (Å²) in [4.78, 5) is 8.97. The third kappa shape index (κ3) is 2.19. The summed E-state index contributed by atoms with van der Waals surface area (Å²) in [6.45, 7) is 5.33. The van der Waals surface area contributed by atoms with Gasteiger partial charge in [0.2, 0.25) is 0 Å². The molecule has 4 heteroatoms. The van der Waals surface area contributed by atoms with Crippen LogP contribution in [0.5, 0.6) is 0 Å². The van der Waals surface area contributed by atoms with Crippen LogP contribution in [0, 0.1) is 5.92 Å². The minimum Gasteiger partial charge on any atom is -0.312 e. The lowest BCUT2D eigenvalue weighted by Gasteiger charge is -2.10. The summed E-state index contributed by atoms with van der Waals surface area (Å²) in [5.41, 5.74) is 1.93. The van der Waals surface area contributed by atoms with Crippen molar-refractivity contribution in [2.24, 2.45) is 5.92 Å². The van der Waals surface area contributed by atoms with Crippen molar-refractivity contribution in [3.8, 4) is 0 Å². The summed E-state index contributed by atoms with van der Waals surface area (Å²) in [7, 11) is 0. The van der Waals surface area contributed by atoms with Crippen LogP contribution >= 0.6 is 11.6 Å². The minimum absolute atomic E-state index is 0.577. The molecule has 0 aliphatic heterocycles. The molecule has 2 rings (SSSR count). The smallest absolute Gasteiger partial charge is 0.159 e. The molecule has 0 amide bonds. The van der Waals surface area contributed by atoms with E-state index in [2.05, 4.69) is 28.4 Å². The van der Waals surface area contributed by atoms with Crippen molar-refractivity contribution in [3.05, 3.63) is 24.2 Å². The Labute approximate surface area is 100 Å². The minimum atomic E-state index is 0.577. The third-order valence-corrected chi connectivity index (χ3v) is 2.64. The van der Waals surface area contributed by atoms with E-state index in [1.165, 1.54) is 0 Å². The Kier molecular flexibility index (Phi) is 3.44. The Morgan fingerprint density at radius 2 is 2.25 bits per heavy atom. The lowest BCUT2D eigenvalue weighted by Crippen LogP contribution is -2.09. The molecule has 0 aliphatic carbocycles. The third-order valence-electron chi connectivity index (χ3n) is 2.45. The van der Waals surface area contributed by atoms with Crippen molar-refractivity contribution in [1.29, 1.82) is 0 Å². The highest BCUT2D eigenvalue weighted by Gasteiger charge is 2.11. The number of hydrogen-bond acceptors (Lipinski definition) is 2. The van der Waals surface area contributed by atoms with Gasteiger partial charge in [-0.25, -0.2) is 9.97 Å². The molecule has 0 saturated heterocycles. The van der Waals surface area contributed by atoms with Gasteiger partial charge in [0.25, 0.3) is 0 Å². The topological polar surface area (TPSA) is 30.7 Å². The van der Waals surface area contributed by atoms with Gasteiger partial charge < -0.3 is 4.57 Å². The molecule has 2 aromatic heterocycles. The van der Waals surface area contributed by atoms with Crippen molar-refractivity contribution < 1.29 is 0 Å². The van der Waals surface area contributed by atoms with E-state index in [0.717, 1.165) is 30.0 Å². The van der Waals surface area contributed by atoms with Crippen LogP contribution < -0.4 is 0 Å². The summed E-state index contributed by atoms with van der Waals surface area (Å²) in [5, 5.41) is 0. The van der Waals surface area contributed by atoms with Crippen LogP contribution in [0.4, 0.5) is 0 Å². The molecule has 0 atom stereocenters. The Bertz CT molecular complexity index is 476. The SMILES string of the molecule is CC(C)Cn1c(CCCl)nc2cccnc21. The zero-order valence-corrected chi connectivity index (χ0v) is 10.4. The van der Waals surface area contributed by atoms with Crippen LogP contribution in [-0.4, -0.2) is 20.4 Å². The second-order valence-corrected chi connectivity index (χ2v) is 4.70. The average molecular weight is 238 g/mol. The van der Waals surface area contributed by atoms with E-state index < -0.39 is 0 Å². The average Bonchev–Trinajstić information content (AvgIpc) is 2.57. The first-order chi connectivity index (χ1) is 7.72. The van der Waals surface area contributed by atoms with E-state index in [-0.39, 0.29) is 0 Å². The second kappa shape index (κ2) is 4.83. The first-order valence-electron chi connectivity index (χ1n) is 5.58. The number of nitrogens with zero attached hydrogens (tertiary/aromatic N) is 3.